The van der Waals surface area contributed by atoms with Crippen LogP contribution in [0.5, 0.6) is 23.0 Å². The van der Waals surface area contributed by atoms with Crippen LogP contribution in [-0.2, 0) is 51.4 Å². The molecule has 4 aromatic carbocycles. The van der Waals surface area contributed by atoms with Gasteiger partial charge in [-0.1, -0.05) is 161 Å². The fourth-order valence-corrected chi connectivity index (χ4v) is 10.1. The van der Waals surface area contributed by atoms with Gasteiger partial charge in [0, 0.05) is 25.7 Å². The van der Waals surface area contributed by atoms with Crippen LogP contribution in [0.2, 0.25) is 0 Å². The first-order valence-electron chi connectivity index (χ1n) is 26.9. The number of ether oxygens (including phenoxy) is 4. The molecule has 8 nitrogen and oxygen atoms in total. The third kappa shape index (κ3) is 18.2. The van der Waals surface area contributed by atoms with Crippen molar-refractivity contribution < 1.29 is 39.4 Å². The molecule has 8 heteroatoms. The van der Waals surface area contributed by atoms with Gasteiger partial charge in [-0.05, 0) is 118 Å². The highest BCUT2D eigenvalue weighted by atomic mass is 16.5. The number of unbranched alkanes of at least 4 members (excludes halogenated alkanes) is 12. The molecule has 5 rings (SSSR count). The summed E-state index contributed by atoms with van der Waals surface area (Å²) in [5, 5.41) is 41.1. The van der Waals surface area contributed by atoms with Crippen molar-refractivity contribution in [3.8, 4) is 23.0 Å². The number of aryl methyl sites for hydroxylation is 4. The van der Waals surface area contributed by atoms with Crippen LogP contribution in [0.1, 0.15) is 205 Å². The van der Waals surface area contributed by atoms with E-state index in [-0.39, 0.29) is 60.3 Å². The van der Waals surface area contributed by atoms with E-state index < -0.39 is 0 Å². The first-order chi connectivity index (χ1) is 33.4. The molecule has 0 radical (unpaired) electrons. The Balaban J connectivity index is 0.0000104. The molecule has 0 aliphatic heterocycles. The number of rotatable bonds is 32. The van der Waals surface area contributed by atoms with Crippen molar-refractivity contribution in [2.45, 2.75) is 189 Å². The Kier molecular flexibility index (Phi) is 27.3. The van der Waals surface area contributed by atoms with Crippen LogP contribution >= 0.6 is 0 Å². The zero-order valence-corrected chi connectivity index (χ0v) is 42.7. The van der Waals surface area contributed by atoms with E-state index >= 15 is 0 Å². The number of benzene rings is 4. The standard InChI is InChI=1S/C60H88O8.CH4/c1-5-9-13-17-21-45-33-49-41-51-35-46(22-18-14-10-6-2)37-53(58(51)66-30-26-62)43-55-39-48(24-20-16-12-8-4)40-56(60(55)68-32-28-64)44-54-38-47(23-19-15-11-7-3)36-52(59(54)67-31-27-63)42-50(34-45)57(49)65-29-25-61;/h33-40,61-64H,5-32,41-44H2,1-4H3;1H4. The Morgan fingerprint density at radius 1 is 0.304 bits per heavy atom. The molecule has 0 spiro atoms. The summed E-state index contributed by atoms with van der Waals surface area (Å²) in [5.41, 5.74) is 13.4. The molecule has 0 fully saturated rings. The predicted molar refractivity (Wildman–Crippen MR) is 285 cm³/mol. The molecule has 0 saturated heterocycles. The van der Waals surface area contributed by atoms with Gasteiger partial charge in [0.1, 0.15) is 49.4 Å². The monoisotopic (exact) mass is 953 g/mol. The van der Waals surface area contributed by atoms with E-state index in [1.807, 2.05) is 0 Å². The Hall–Kier alpha value is -4.08. The molecule has 0 unspecified atom stereocenters. The average Bonchev–Trinajstić information content (AvgIpc) is 3.33. The van der Waals surface area contributed by atoms with Gasteiger partial charge >= 0.3 is 0 Å². The lowest BCUT2D eigenvalue weighted by Gasteiger charge is -2.25. The van der Waals surface area contributed by atoms with Gasteiger partial charge in [0.05, 0.1) is 26.4 Å². The van der Waals surface area contributed by atoms with E-state index in [1.54, 1.807) is 0 Å². The topological polar surface area (TPSA) is 118 Å². The summed E-state index contributed by atoms with van der Waals surface area (Å²) in [6.07, 6.45) is 24.5. The molecular weight excluding hydrogens is 861 g/mol. The van der Waals surface area contributed by atoms with Gasteiger partial charge in [-0.25, -0.2) is 0 Å². The quantitative estimate of drug-likeness (QED) is 0.0315. The summed E-state index contributed by atoms with van der Waals surface area (Å²) in [4.78, 5) is 0. The van der Waals surface area contributed by atoms with Gasteiger partial charge in [-0.15, -0.1) is 0 Å². The number of aliphatic hydroxyl groups excluding tert-OH is 4. The summed E-state index contributed by atoms with van der Waals surface area (Å²) >= 11 is 0. The highest BCUT2D eigenvalue weighted by Crippen LogP contribution is 2.41. The Bertz CT molecular complexity index is 1690. The minimum Gasteiger partial charge on any atom is -0.491 e. The third-order valence-electron chi connectivity index (χ3n) is 13.4. The number of hydrogen-bond donors (Lipinski definition) is 4. The molecule has 0 heterocycles. The zero-order valence-electron chi connectivity index (χ0n) is 42.7. The molecule has 0 amide bonds. The van der Waals surface area contributed by atoms with E-state index in [9.17, 15) is 20.4 Å². The maximum atomic E-state index is 10.3. The minimum absolute atomic E-state index is 0. The average molecular weight is 953 g/mol. The summed E-state index contributed by atoms with van der Waals surface area (Å²) < 4.78 is 26.8. The van der Waals surface area contributed by atoms with Crippen molar-refractivity contribution >= 4 is 0 Å². The fourth-order valence-electron chi connectivity index (χ4n) is 10.1. The lowest BCUT2D eigenvalue weighted by Crippen LogP contribution is -2.13. The van der Waals surface area contributed by atoms with Crippen molar-refractivity contribution in [2.75, 3.05) is 52.9 Å². The van der Waals surface area contributed by atoms with E-state index in [1.165, 1.54) is 99.3 Å². The van der Waals surface area contributed by atoms with Gasteiger partial charge < -0.3 is 39.4 Å². The number of hydrogen-bond acceptors (Lipinski definition) is 8. The predicted octanol–water partition coefficient (Wildman–Crippen LogP) is 13.0. The van der Waals surface area contributed by atoms with E-state index in [2.05, 4.69) is 76.2 Å². The van der Waals surface area contributed by atoms with Crippen LogP contribution in [-0.4, -0.2) is 73.3 Å². The largest absolute Gasteiger partial charge is 0.491 e. The molecular formula is C61H92O8. The summed E-state index contributed by atoms with van der Waals surface area (Å²) in [5.74, 6) is 3.14. The molecule has 0 atom stereocenters. The maximum absolute atomic E-state index is 10.3. The number of fused-ring (bicyclic) bond motifs is 8. The zero-order chi connectivity index (χ0) is 48.4. The van der Waals surface area contributed by atoms with Crippen LogP contribution < -0.4 is 18.9 Å². The van der Waals surface area contributed by atoms with Crippen molar-refractivity contribution in [2.24, 2.45) is 0 Å². The van der Waals surface area contributed by atoms with Crippen molar-refractivity contribution in [3.63, 3.8) is 0 Å². The van der Waals surface area contributed by atoms with E-state index in [4.69, 9.17) is 18.9 Å². The fraction of sp³-hybridized carbons (Fsp3) is 0.607. The lowest BCUT2D eigenvalue weighted by atomic mass is 9.87. The maximum Gasteiger partial charge on any atom is 0.126 e. The van der Waals surface area contributed by atoms with Crippen LogP contribution in [0, 0.1) is 0 Å². The van der Waals surface area contributed by atoms with E-state index in [0.717, 1.165) is 119 Å². The van der Waals surface area contributed by atoms with Crippen LogP contribution in [0.15, 0.2) is 48.5 Å². The number of aliphatic hydroxyl groups is 4. The Morgan fingerprint density at radius 3 is 0.652 bits per heavy atom. The van der Waals surface area contributed by atoms with Crippen LogP contribution in [0.3, 0.4) is 0 Å². The van der Waals surface area contributed by atoms with Crippen molar-refractivity contribution in [1.29, 1.82) is 0 Å². The second-order valence-corrected chi connectivity index (χ2v) is 19.2. The SMILES string of the molecule is C.CCCCCCc1cc2c(OCCO)c(c1)Cc1cc(CCCCCC)cc(c1OCCO)Cc1cc(CCCCCC)cc(c1OCCO)Cc1cc(CCCCCC)cc(c1OCCO)C2. The first kappa shape index (κ1) is 57.5. The summed E-state index contributed by atoms with van der Waals surface area (Å²) in [7, 11) is 0. The minimum atomic E-state index is -0.110. The summed E-state index contributed by atoms with van der Waals surface area (Å²) in [6.45, 7) is 9.21. The molecule has 4 N–H and O–H groups in total. The van der Waals surface area contributed by atoms with Crippen molar-refractivity contribution in [1.82, 2.24) is 0 Å². The second-order valence-electron chi connectivity index (χ2n) is 19.2. The van der Waals surface area contributed by atoms with Gasteiger partial charge in [-0.3, -0.25) is 0 Å². The molecule has 1 aliphatic rings. The van der Waals surface area contributed by atoms with Gasteiger partial charge in [-0.2, -0.15) is 0 Å². The normalized spacial score (nSPS) is 12.2. The molecule has 4 aromatic rings. The van der Waals surface area contributed by atoms with Gasteiger partial charge in [0.2, 0.25) is 0 Å². The van der Waals surface area contributed by atoms with Gasteiger partial charge in [0.25, 0.3) is 0 Å². The van der Waals surface area contributed by atoms with Crippen molar-refractivity contribution in [3.05, 3.63) is 115 Å². The molecule has 69 heavy (non-hydrogen) atoms. The molecule has 0 aromatic heterocycles. The lowest BCUT2D eigenvalue weighted by molar-refractivity contribution is 0.197. The third-order valence-corrected chi connectivity index (χ3v) is 13.4. The Labute approximate surface area is 418 Å². The highest BCUT2D eigenvalue weighted by Gasteiger charge is 2.25. The molecule has 8 bridgehead atoms. The van der Waals surface area contributed by atoms with Crippen LogP contribution in [0.25, 0.3) is 0 Å². The van der Waals surface area contributed by atoms with E-state index in [0.29, 0.717) is 25.7 Å². The Morgan fingerprint density at radius 2 is 0.493 bits per heavy atom. The van der Waals surface area contributed by atoms with Gasteiger partial charge in [0.15, 0.2) is 0 Å². The van der Waals surface area contributed by atoms with Crippen LogP contribution in [0.4, 0.5) is 0 Å². The molecule has 0 saturated carbocycles. The summed E-state index contributed by atoms with van der Waals surface area (Å²) in [6, 6.07) is 18.6. The highest BCUT2D eigenvalue weighted by molar-refractivity contribution is 5.58. The smallest absolute Gasteiger partial charge is 0.126 e. The molecule has 384 valence electrons. The first-order valence-corrected chi connectivity index (χ1v) is 26.9. The second kappa shape index (κ2) is 32.7. The molecule has 1 aliphatic carbocycles.